The van der Waals surface area contributed by atoms with E-state index in [9.17, 15) is 13.2 Å². The second-order valence-corrected chi connectivity index (χ2v) is 8.71. The molecular formula is C11H14BrN3O3S2. The van der Waals surface area contributed by atoms with Crippen LogP contribution in [0.5, 0.6) is 0 Å². The van der Waals surface area contributed by atoms with Crippen molar-refractivity contribution in [3.05, 3.63) is 22.3 Å². The van der Waals surface area contributed by atoms with Crippen LogP contribution in [0.4, 0.5) is 5.82 Å². The fraction of sp³-hybridized carbons (Fsp3) is 0.455. The van der Waals surface area contributed by atoms with Crippen molar-refractivity contribution in [1.29, 1.82) is 0 Å². The number of pyridine rings is 1. The largest absolute Gasteiger partial charge is 0.383 e. The van der Waals surface area contributed by atoms with Crippen molar-refractivity contribution in [2.75, 3.05) is 30.0 Å². The van der Waals surface area contributed by atoms with Crippen LogP contribution in [0.1, 0.15) is 10.4 Å². The molecule has 1 saturated heterocycles. The average molecular weight is 380 g/mol. The second-order valence-electron chi connectivity index (χ2n) is 4.44. The zero-order valence-electron chi connectivity index (χ0n) is 10.7. The molecule has 1 aromatic heterocycles. The van der Waals surface area contributed by atoms with E-state index in [1.807, 2.05) is 0 Å². The first-order chi connectivity index (χ1) is 9.30. The minimum absolute atomic E-state index is 0.101. The Labute approximate surface area is 130 Å². The molecule has 0 saturated carbocycles. The normalized spacial score (nSPS) is 19.9. The predicted octanol–water partition coefficient (Wildman–Crippen LogP) is 0.986. The first-order valence-electron chi connectivity index (χ1n) is 5.79. The predicted molar refractivity (Wildman–Crippen MR) is 83.3 cm³/mol. The topological polar surface area (TPSA) is 93.4 Å². The SMILES string of the molecule is CS(=O)(=O)C1CSCCN1C(=O)c1cc(Br)cnc1N. The van der Waals surface area contributed by atoms with Crippen molar-refractivity contribution in [3.63, 3.8) is 0 Å². The van der Waals surface area contributed by atoms with Gasteiger partial charge < -0.3 is 10.6 Å². The highest BCUT2D eigenvalue weighted by Crippen LogP contribution is 2.24. The lowest BCUT2D eigenvalue weighted by Gasteiger charge is -2.34. The van der Waals surface area contributed by atoms with Gasteiger partial charge in [-0.3, -0.25) is 4.79 Å². The monoisotopic (exact) mass is 379 g/mol. The summed E-state index contributed by atoms with van der Waals surface area (Å²) in [5.74, 6) is 0.793. The second kappa shape index (κ2) is 5.90. The maximum Gasteiger partial charge on any atom is 0.258 e. The lowest BCUT2D eigenvalue weighted by atomic mass is 10.2. The van der Waals surface area contributed by atoms with E-state index in [1.54, 1.807) is 6.07 Å². The van der Waals surface area contributed by atoms with E-state index in [4.69, 9.17) is 5.73 Å². The molecule has 9 heteroatoms. The van der Waals surface area contributed by atoms with Gasteiger partial charge in [0.15, 0.2) is 9.84 Å². The molecule has 6 nitrogen and oxygen atoms in total. The Balaban J connectivity index is 2.37. The smallest absolute Gasteiger partial charge is 0.258 e. The number of nitrogens with zero attached hydrogens (tertiary/aromatic N) is 2. The van der Waals surface area contributed by atoms with Gasteiger partial charge in [0.05, 0.1) is 5.56 Å². The number of nitrogens with two attached hydrogens (primary N) is 1. The Hall–Kier alpha value is -0.800. The summed E-state index contributed by atoms with van der Waals surface area (Å²) in [6.45, 7) is 0.382. The fourth-order valence-electron chi connectivity index (χ4n) is 1.94. The van der Waals surface area contributed by atoms with Gasteiger partial charge in [-0.05, 0) is 22.0 Å². The molecule has 110 valence electrons. The molecule has 0 spiro atoms. The molecular weight excluding hydrogens is 366 g/mol. The fourth-order valence-corrected chi connectivity index (χ4v) is 5.09. The molecule has 2 heterocycles. The number of halogens is 1. The van der Waals surface area contributed by atoms with E-state index in [-0.39, 0.29) is 11.4 Å². The van der Waals surface area contributed by atoms with Gasteiger partial charge >= 0.3 is 0 Å². The number of rotatable bonds is 2. The number of anilines is 1. The Kier molecular flexibility index (Phi) is 4.60. The van der Waals surface area contributed by atoms with Crippen LogP contribution in [0, 0.1) is 0 Å². The molecule has 0 aromatic carbocycles. The lowest BCUT2D eigenvalue weighted by Crippen LogP contribution is -2.50. The first-order valence-corrected chi connectivity index (χ1v) is 9.69. The van der Waals surface area contributed by atoms with Crippen molar-refractivity contribution < 1.29 is 13.2 Å². The number of aromatic nitrogens is 1. The molecule has 0 bridgehead atoms. The Morgan fingerprint density at radius 3 is 2.95 bits per heavy atom. The molecule has 2 rings (SSSR count). The van der Waals surface area contributed by atoms with E-state index in [0.29, 0.717) is 22.5 Å². The van der Waals surface area contributed by atoms with Crippen LogP contribution < -0.4 is 5.73 Å². The number of sulfone groups is 1. The van der Waals surface area contributed by atoms with E-state index < -0.39 is 21.1 Å². The van der Waals surface area contributed by atoms with Crippen LogP contribution in [0.2, 0.25) is 0 Å². The highest BCUT2D eigenvalue weighted by Gasteiger charge is 2.35. The van der Waals surface area contributed by atoms with E-state index >= 15 is 0 Å². The van der Waals surface area contributed by atoms with Crippen molar-refractivity contribution in [2.24, 2.45) is 0 Å². The third-order valence-corrected chi connectivity index (χ3v) is 6.03. The van der Waals surface area contributed by atoms with Crippen molar-refractivity contribution in [2.45, 2.75) is 5.37 Å². The van der Waals surface area contributed by atoms with Gasteiger partial charge in [-0.1, -0.05) is 0 Å². The van der Waals surface area contributed by atoms with Gasteiger partial charge in [-0.25, -0.2) is 13.4 Å². The summed E-state index contributed by atoms with van der Waals surface area (Å²) in [4.78, 5) is 17.8. The van der Waals surface area contributed by atoms with Crippen molar-refractivity contribution in [1.82, 2.24) is 9.88 Å². The zero-order valence-corrected chi connectivity index (χ0v) is 14.0. The average Bonchev–Trinajstić information content (AvgIpc) is 2.40. The van der Waals surface area contributed by atoms with E-state index in [0.717, 1.165) is 6.26 Å². The maximum absolute atomic E-state index is 12.5. The minimum Gasteiger partial charge on any atom is -0.383 e. The van der Waals surface area contributed by atoms with Gasteiger partial charge in [0.1, 0.15) is 11.2 Å². The zero-order chi connectivity index (χ0) is 14.9. The highest BCUT2D eigenvalue weighted by molar-refractivity contribution is 9.10. The molecule has 1 amide bonds. The van der Waals surface area contributed by atoms with Gasteiger partial charge in [0, 0.05) is 35.0 Å². The van der Waals surface area contributed by atoms with Gasteiger partial charge in [-0.2, -0.15) is 11.8 Å². The summed E-state index contributed by atoms with van der Waals surface area (Å²) in [5, 5.41) is -0.813. The minimum atomic E-state index is -3.34. The summed E-state index contributed by atoms with van der Waals surface area (Å²) in [5.41, 5.74) is 5.94. The van der Waals surface area contributed by atoms with Crippen LogP contribution in [0.15, 0.2) is 16.7 Å². The number of amides is 1. The van der Waals surface area contributed by atoms with Crippen LogP contribution in [0.25, 0.3) is 0 Å². The number of carbonyl (C=O) groups excluding carboxylic acids is 1. The lowest BCUT2D eigenvalue weighted by molar-refractivity contribution is 0.0750. The third kappa shape index (κ3) is 3.26. The molecule has 0 aliphatic carbocycles. The number of carbonyl (C=O) groups is 1. The Morgan fingerprint density at radius 1 is 1.60 bits per heavy atom. The molecule has 1 unspecified atom stereocenters. The number of thioether (sulfide) groups is 1. The molecule has 0 radical (unpaired) electrons. The van der Waals surface area contributed by atoms with Crippen molar-refractivity contribution in [3.8, 4) is 0 Å². The molecule has 1 aliphatic rings. The van der Waals surface area contributed by atoms with Crippen LogP contribution >= 0.6 is 27.7 Å². The number of hydrogen-bond donors (Lipinski definition) is 1. The summed E-state index contributed by atoms with van der Waals surface area (Å²) in [6.07, 6.45) is 2.64. The first kappa shape index (κ1) is 15.6. The van der Waals surface area contributed by atoms with Gasteiger partial charge in [-0.15, -0.1) is 0 Å². The maximum atomic E-state index is 12.5. The molecule has 2 N–H and O–H groups in total. The number of hydrogen-bond acceptors (Lipinski definition) is 6. The van der Waals surface area contributed by atoms with Crippen LogP contribution in [-0.4, -0.2) is 53.9 Å². The summed E-state index contributed by atoms with van der Waals surface area (Å²) < 4.78 is 24.3. The summed E-state index contributed by atoms with van der Waals surface area (Å²) in [6, 6.07) is 1.56. The molecule has 1 aromatic rings. The van der Waals surface area contributed by atoms with Gasteiger partial charge in [0.25, 0.3) is 5.91 Å². The standard InChI is InChI=1S/C11H14BrN3O3S2/c1-20(17,18)9-6-19-3-2-15(9)11(16)8-4-7(12)5-14-10(8)13/h4-5,9H,2-3,6H2,1H3,(H2,13,14). The number of nitrogen functional groups attached to an aromatic ring is 1. The highest BCUT2D eigenvalue weighted by atomic mass is 79.9. The third-order valence-electron chi connectivity index (χ3n) is 2.96. The molecule has 1 fully saturated rings. The van der Waals surface area contributed by atoms with Crippen LogP contribution in [-0.2, 0) is 9.84 Å². The summed E-state index contributed by atoms with van der Waals surface area (Å²) >= 11 is 4.76. The van der Waals surface area contributed by atoms with E-state index in [1.165, 1.54) is 22.9 Å². The Bertz CT molecular complexity index is 636. The summed E-state index contributed by atoms with van der Waals surface area (Å²) in [7, 11) is -3.34. The van der Waals surface area contributed by atoms with Crippen molar-refractivity contribution >= 4 is 49.3 Å². The quantitative estimate of drug-likeness (QED) is 0.823. The van der Waals surface area contributed by atoms with Crippen LogP contribution in [0.3, 0.4) is 0 Å². The molecule has 1 aliphatic heterocycles. The molecule has 20 heavy (non-hydrogen) atoms. The molecule has 1 atom stereocenters. The van der Waals surface area contributed by atoms with Gasteiger partial charge in [0.2, 0.25) is 0 Å². The Morgan fingerprint density at radius 2 is 2.30 bits per heavy atom. The van der Waals surface area contributed by atoms with E-state index in [2.05, 4.69) is 20.9 Å².